The number of unbranched alkanes of at least 4 members (excludes halogenated alkanes) is 4. The molecule has 0 amide bonds. The van der Waals surface area contributed by atoms with Gasteiger partial charge in [-0.1, -0.05) is 79.6 Å². The third kappa shape index (κ3) is 8.19. The van der Waals surface area contributed by atoms with Crippen molar-refractivity contribution >= 4 is 0 Å². The summed E-state index contributed by atoms with van der Waals surface area (Å²) in [6.45, 7) is 11.9. The molecule has 3 unspecified atom stereocenters. The molecule has 0 nitrogen and oxygen atoms in total. The minimum absolute atomic E-state index is 0.905. The number of hydrogen-bond acceptors (Lipinski definition) is 0. The maximum atomic E-state index is 2.44. The van der Waals surface area contributed by atoms with Crippen LogP contribution in [-0.4, -0.2) is 0 Å². The summed E-state index contributed by atoms with van der Waals surface area (Å²) in [6, 6.07) is 0. The Bertz CT molecular complexity index is 139. The summed E-state index contributed by atoms with van der Waals surface area (Å²) in [4.78, 5) is 0. The van der Waals surface area contributed by atoms with Gasteiger partial charge in [0.25, 0.3) is 0 Å². The first-order chi connectivity index (χ1) is 7.61. The van der Waals surface area contributed by atoms with Gasteiger partial charge in [0.2, 0.25) is 0 Å². The lowest BCUT2D eigenvalue weighted by atomic mass is 9.84. The summed E-state index contributed by atoms with van der Waals surface area (Å²) < 4.78 is 0. The molecule has 0 radical (unpaired) electrons. The van der Waals surface area contributed by atoms with E-state index in [1.807, 2.05) is 0 Å². The van der Waals surface area contributed by atoms with Crippen molar-refractivity contribution in [2.75, 3.05) is 0 Å². The van der Waals surface area contributed by atoms with Gasteiger partial charge in [-0.2, -0.15) is 0 Å². The van der Waals surface area contributed by atoms with Crippen molar-refractivity contribution in [3.63, 3.8) is 0 Å². The van der Waals surface area contributed by atoms with Gasteiger partial charge in [0, 0.05) is 0 Å². The quantitative estimate of drug-likeness (QED) is 0.397. The van der Waals surface area contributed by atoms with E-state index in [4.69, 9.17) is 0 Å². The van der Waals surface area contributed by atoms with E-state index in [1.54, 1.807) is 0 Å². The Morgan fingerprint density at radius 1 is 0.750 bits per heavy atom. The van der Waals surface area contributed by atoms with E-state index in [2.05, 4.69) is 34.6 Å². The fourth-order valence-corrected chi connectivity index (χ4v) is 2.48. The number of rotatable bonds is 10. The molecule has 0 aliphatic rings. The summed E-state index contributed by atoms with van der Waals surface area (Å²) in [6.07, 6.45) is 11.4. The van der Waals surface area contributed by atoms with Gasteiger partial charge in [-0.15, -0.1) is 0 Å². The summed E-state index contributed by atoms with van der Waals surface area (Å²) in [5, 5.41) is 0. The van der Waals surface area contributed by atoms with E-state index in [-0.39, 0.29) is 0 Å². The number of hydrogen-bond donors (Lipinski definition) is 0. The topological polar surface area (TPSA) is 0 Å². The molecule has 0 aliphatic carbocycles. The molecule has 3 atom stereocenters. The molecule has 0 fully saturated rings. The van der Waals surface area contributed by atoms with Gasteiger partial charge in [0.05, 0.1) is 0 Å². The highest BCUT2D eigenvalue weighted by molar-refractivity contribution is 4.64. The first-order valence-corrected chi connectivity index (χ1v) is 7.61. The maximum Gasteiger partial charge on any atom is -0.0415 e. The third-order valence-electron chi connectivity index (χ3n) is 4.19. The second-order valence-electron chi connectivity index (χ2n) is 5.91. The highest BCUT2D eigenvalue weighted by atomic mass is 14.2. The standard InChI is InChI=1S/C16H34/c1-6-8-9-10-11-12-14(3)13-16(5)15(4)7-2/h14-16H,6-13H2,1-5H3. The van der Waals surface area contributed by atoms with Crippen LogP contribution in [0.4, 0.5) is 0 Å². The van der Waals surface area contributed by atoms with Gasteiger partial charge in [-0.3, -0.25) is 0 Å². The lowest BCUT2D eigenvalue weighted by Crippen LogP contribution is -2.11. The maximum absolute atomic E-state index is 2.44. The molecule has 0 saturated carbocycles. The zero-order valence-electron chi connectivity index (χ0n) is 12.4. The van der Waals surface area contributed by atoms with Crippen LogP contribution in [0.15, 0.2) is 0 Å². The van der Waals surface area contributed by atoms with Crippen LogP contribution in [-0.2, 0) is 0 Å². The summed E-state index contributed by atoms with van der Waals surface area (Å²) in [5.41, 5.74) is 0. The van der Waals surface area contributed by atoms with E-state index in [0.29, 0.717) is 0 Å². The molecule has 0 spiro atoms. The normalized spacial score (nSPS) is 17.1. The van der Waals surface area contributed by atoms with Crippen molar-refractivity contribution in [3.05, 3.63) is 0 Å². The molecular formula is C16H34. The van der Waals surface area contributed by atoms with Gasteiger partial charge >= 0.3 is 0 Å². The molecule has 0 heteroatoms. The SMILES string of the molecule is CCCCCCCC(C)CC(C)C(C)CC. The predicted molar refractivity (Wildman–Crippen MR) is 75.8 cm³/mol. The minimum atomic E-state index is 0.905. The van der Waals surface area contributed by atoms with E-state index >= 15 is 0 Å². The molecule has 0 bridgehead atoms. The largest absolute Gasteiger partial charge is 0.0654 e. The van der Waals surface area contributed by atoms with Gasteiger partial charge < -0.3 is 0 Å². The van der Waals surface area contributed by atoms with Crippen molar-refractivity contribution < 1.29 is 0 Å². The van der Waals surface area contributed by atoms with Crippen LogP contribution in [0.25, 0.3) is 0 Å². The average molecular weight is 226 g/mol. The van der Waals surface area contributed by atoms with Crippen LogP contribution in [0.1, 0.15) is 86.0 Å². The van der Waals surface area contributed by atoms with Crippen molar-refractivity contribution in [2.24, 2.45) is 17.8 Å². The van der Waals surface area contributed by atoms with Crippen LogP contribution < -0.4 is 0 Å². The van der Waals surface area contributed by atoms with Gasteiger partial charge in [-0.25, -0.2) is 0 Å². The van der Waals surface area contributed by atoms with Crippen molar-refractivity contribution in [1.82, 2.24) is 0 Å². The molecule has 0 saturated heterocycles. The predicted octanol–water partition coefficient (Wildman–Crippen LogP) is 6.06. The van der Waals surface area contributed by atoms with Crippen molar-refractivity contribution in [2.45, 2.75) is 86.0 Å². The first-order valence-electron chi connectivity index (χ1n) is 7.61. The van der Waals surface area contributed by atoms with Gasteiger partial charge in [0.1, 0.15) is 0 Å². The Morgan fingerprint density at radius 2 is 1.38 bits per heavy atom. The van der Waals surface area contributed by atoms with Crippen LogP contribution in [0.3, 0.4) is 0 Å². The molecule has 0 aliphatic heterocycles. The Morgan fingerprint density at radius 3 is 1.94 bits per heavy atom. The first kappa shape index (κ1) is 16.0. The minimum Gasteiger partial charge on any atom is -0.0654 e. The zero-order valence-corrected chi connectivity index (χ0v) is 12.4. The Hall–Kier alpha value is 0. The third-order valence-corrected chi connectivity index (χ3v) is 4.19. The molecule has 98 valence electrons. The molecule has 0 rings (SSSR count). The lowest BCUT2D eigenvalue weighted by molar-refractivity contribution is 0.294. The highest BCUT2D eigenvalue weighted by Gasteiger charge is 2.13. The monoisotopic (exact) mass is 226 g/mol. The second-order valence-corrected chi connectivity index (χ2v) is 5.91. The fourth-order valence-electron chi connectivity index (χ4n) is 2.48. The smallest absolute Gasteiger partial charge is 0.0415 e. The van der Waals surface area contributed by atoms with E-state index in [0.717, 1.165) is 17.8 Å². The van der Waals surface area contributed by atoms with E-state index in [1.165, 1.54) is 51.4 Å². The molecule has 0 N–H and O–H groups in total. The second kappa shape index (κ2) is 10.2. The molecular weight excluding hydrogens is 192 g/mol. The van der Waals surface area contributed by atoms with Crippen molar-refractivity contribution in [3.8, 4) is 0 Å². The Kier molecular flexibility index (Phi) is 10.2. The van der Waals surface area contributed by atoms with Crippen LogP contribution >= 0.6 is 0 Å². The van der Waals surface area contributed by atoms with Crippen molar-refractivity contribution in [1.29, 1.82) is 0 Å². The van der Waals surface area contributed by atoms with Crippen LogP contribution in [0.2, 0.25) is 0 Å². The fraction of sp³-hybridized carbons (Fsp3) is 1.00. The average Bonchev–Trinajstić information content (AvgIpc) is 2.27. The van der Waals surface area contributed by atoms with Gasteiger partial charge in [-0.05, 0) is 24.2 Å². The molecule has 0 aromatic heterocycles. The summed E-state index contributed by atoms with van der Waals surface area (Å²) in [7, 11) is 0. The van der Waals surface area contributed by atoms with E-state index < -0.39 is 0 Å². The Balaban J connectivity index is 3.46. The Labute approximate surface area is 104 Å². The molecule has 0 aromatic carbocycles. The highest BCUT2D eigenvalue weighted by Crippen LogP contribution is 2.25. The van der Waals surface area contributed by atoms with E-state index in [9.17, 15) is 0 Å². The van der Waals surface area contributed by atoms with Gasteiger partial charge in [0.15, 0.2) is 0 Å². The molecule has 16 heavy (non-hydrogen) atoms. The molecule has 0 aromatic rings. The summed E-state index contributed by atoms with van der Waals surface area (Å²) in [5.74, 6) is 2.75. The van der Waals surface area contributed by atoms with Crippen LogP contribution in [0, 0.1) is 17.8 Å². The lowest BCUT2D eigenvalue weighted by Gasteiger charge is -2.22. The van der Waals surface area contributed by atoms with Crippen LogP contribution in [0.5, 0.6) is 0 Å². The zero-order chi connectivity index (χ0) is 12.4. The molecule has 0 heterocycles. The summed E-state index contributed by atoms with van der Waals surface area (Å²) >= 11 is 0.